The lowest BCUT2D eigenvalue weighted by atomic mass is 10.2. The summed E-state index contributed by atoms with van der Waals surface area (Å²) in [5, 5.41) is 16.0. The Labute approximate surface area is 173 Å². The van der Waals surface area contributed by atoms with Crippen molar-refractivity contribution in [2.24, 2.45) is 0 Å². The summed E-state index contributed by atoms with van der Waals surface area (Å²) in [4.78, 5) is 25.3. The fourth-order valence-electron chi connectivity index (χ4n) is 3.24. The third-order valence-corrected chi connectivity index (χ3v) is 4.96. The predicted octanol–water partition coefficient (Wildman–Crippen LogP) is 2.92. The quantitative estimate of drug-likeness (QED) is 0.713. The van der Waals surface area contributed by atoms with Crippen LogP contribution in [0.1, 0.15) is 18.4 Å². The number of aromatic nitrogens is 3. The van der Waals surface area contributed by atoms with E-state index in [0.717, 1.165) is 11.4 Å². The molecule has 0 unspecified atom stereocenters. The van der Waals surface area contributed by atoms with Crippen molar-refractivity contribution in [3.05, 3.63) is 54.0 Å². The summed E-state index contributed by atoms with van der Waals surface area (Å²) < 4.78 is 5.15. The molecule has 1 aromatic carbocycles. The second-order valence-corrected chi connectivity index (χ2v) is 6.83. The number of para-hydroxylation sites is 1. The van der Waals surface area contributed by atoms with E-state index < -0.39 is 0 Å². The van der Waals surface area contributed by atoms with E-state index in [1.165, 1.54) is 0 Å². The smallest absolute Gasteiger partial charge is 0.322 e. The molecule has 0 spiro atoms. The Kier molecular flexibility index (Phi) is 5.57. The van der Waals surface area contributed by atoms with Gasteiger partial charge in [0.25, 0.3) is 0 Å². The molecule has 0 bridgehead atoms. The van der Waals surface area contributed by atoms with Crippen LogP contribution in [0.4, 0.5) is 16.3 Å². The van der Waals surface area contributed by atoms with Crippen LogP contribution >= 0.6 is 0 Å². The van der Waals surface area contributed by atoms with E-state index in [4.69, 9.17) is 9.78 Å². The molecular weight excluding hydrogens is 382 g/mol. The van der Waals surface area contributed by atoms with Gasteiger partial charge in [0, 0.05) is 44.4 Å². The summed E-state index contributed by atoms with van der Waals surface area (Å²) in [6, 6.07) is 12.7. The molecule has 1 N–H and O–H groups in total. The minimum Gasteiger partial charge on any atom is -0.353 e. The van der Waals surface area contributed by atoms with Crippen molar-refractivity contribution in [2.75, 3.05) is 36.4 Å². The van der Waals surface area contributed by atoms with Crippen LogP contribution in [0.5, 0.6) is 0 Å². The van der Waals surface area contributed by atoms with Crippen molar-refractivity contribution in [1.82, 2.24) is 20.0 Å². The maximum Gasteiger partial charge on any atom is 0.322 e. The molecule has 0 radical (unpaired) electrons. The number of urea groups is 1. The second kappa shape index (κ2) is 8.61. The van der Waals surface area contributed by atoms with Crippen LogP contribution in [0.3, 0.4) is 0 Å². The fraction of sp³-hybridized carbons (Fsp3) is 0.286. The number of aryl methyl sites for hydroxylation is 1. The monoisotopic (exact) mass is 403 g/mol. The highest BCUT2D eigenvalue weighted by atomic mass is 16.5. The number of carbonyl (C=O) groups excluding carboxylic acids is 1. The van der Waals surface area contributed by atoms with Crippen molar-refractivity contribution in [2.45, 2.75) is 13.3 Å². The number of amides is 2. The van der Waals surface area contributed by atoms with Gasteiger partial charge in [0.1, 0.15) is 11.9 Å². The van der Waals surface area contributed by atoms with Gasteiger partial charge in [0.2, 0.25) is 11.7 Å². The van der Waals surface area contributed by atoms with Gasteiger partial charge in [-0.05, 0) is 24.3 Å². The third kappa shape index (κ3) is 4.07. The van der Waals surface area contributed by atoms with Gasteiger partial charge in [0.05, 0.1) is 11.3 Å². The zero-order valence-electron chi connectivity index (χ0n) is 16.6. The third-order valence-electron chi connectivity index (χ3n) is 4.96. The Morgan fingerprint density at radius 1 is 1.20 bits per heavy atom. The highest BCUT2D eigenvalue weighted by Crippen LogP contribution is 2.20. The summed E-state index contributed by atoms with van der Waals surface area (Å²) in [5.41, 5.74) is 1.77. The second-order valence-electron chi connectivity index (χ2n) is 6.83. The lowest BCUT2D eigenvalue weighted by Crippen LogP contribution is -2.50. The SMILES string of the molecule is CCc1nc(-c2ccc(N3CCN(C(=O)Nc4ccccc4C#N)CC3)nc2)no1. The molecule has 2 aromatic heterocycles. The van der Waals surface area contributed by atoms with E-state index in [1.807, 2.05) is 19.1 Å². The largest absolute Gasteiger partial charge is 0.353 e. The maximum absolute atomic E-state index is 12.6. The number of pyridine rings is 1. The van der Waals surface area contributed by atoms with Gasteiger partial charge in [0.15, 0.2) is 0 Å². The lowest BCUT2D eigenvalue weighted by molar-refractivity contribution is 0.208. The minimum atomic E-state index is -0.204. The molecule has 9 nitrogen and oxygen atoms in total. The first-order valence-electron chi connectivity index (χ1n) is 9.77. The van der Waals surface area contributed by atoms with Gasteiger partial charge in [-0.25, -0.2) is 9.78 Å². The molecule has 1 saturated heterocycles. The molecule has 0 aliphatic carbocycles. The standard InChI is InChI=1S/C21H21N7O2/c1-2-19-25-20(26-30-19)16-7-8-18(23-14-16)27-9-11-28(12-10-27)21(29)24-17-6-4-3-5-15(17)13-22/h3-8,14H,2,9-12H2,1H3,(H,24,29). The number of nitrogens with zero attached hydrogens (tertiary/aromatic N) is 6. The Morgan fingerprint density at radius 2 is 2.00 bits per heavy atom. The van der Waals surface area contributed by atoms with Crippen LogP contribution in [0, 0.1) is 11.3 Å². The van der Waals surface area contributed by atoms with E-state index in [1.54, 1.807) is 35.4 Å². The Balaban J connectivity index is 1.35. The first-order chi connectivity index (χ1) is 14.7. The van der Waals surface area contributed by atoms with Crippen LogP contribution in [0.25, 0.3) is 11.4 Å². The topological polar surface area (TPSA) is 111 Å². The van der Waals surface area contributed by atoms with Crippen molar-refractivity contribution in [3.63, 3.8) is 0 Å². The molecule has 3 heterocycles. The Bertz CT molecular complexity index is 1060. The van der Waals surface area contributed by atoms with Crippen LogP contribution in [-0.4, -0.2) is 52.2 Å². The summed E-state index contributed by atoms with van der Waals surface area (Å²) in [5.74, 6) is 1.97. The van der Waals surface area contributed by atoms with Crippen molar-refractivity contribution in [3.8, 4) is 17.5 Å². The van der Waals surface area contributed by atoms with Gasteiger partial charge in [-0.1, -0.05) is 24.2 Å². The number of carbonyl (C=O) groups is 1. The highest BCUT2D eigenvalue weighted by Gasteiger charge is 2.22. The number of benzene rings is 1. The summed E-state index contributed by atoms with van der Waals surface area (Å²) in [7, 11) is 0. The molecule has 30 heavy (non-hydrogen) atoms. The number of rotatable bonds is 4. The van der Waals surface area contributed by atoms with Crippen LogP contribution in [0.15, 0.2) is 47.1 Å². The normalized spacial score (nSPS) is 13.7. The molecule has 9 heteroatoms. The molecule has 3 aromatic rings. The van der Waals surface area contributed by atoms with Crippen molar-refractivity contribution >= 4 is 17.5 Å². The molecule has 1 aliphatic rings. The Morgan fingerprint density at radius 3 is 2.67 bits per heavy atom. The zero-order chi connectivity index (χ0) is 20.9. The van der Waals surface area contributed by atoms with Crippen molar-refractivity contribution in [1.29, 1.82) is 5.26 Å². The van der Waals surface area contributed by atoms with Gasteiger partial charge in [-0.15, -0.1) is 0 Å². The minimum absolute atomic E-state index is 0.204. The molecular formula is C21H21N7O2. The summed E-state index contributed by atoms with van der Waals surface area (Å²) >= 11 is 0. The van der Waals surface area contributed by atoms with E-state index in [2.05, 4.69) is 31.4 Å². The number of nitrogens with one attached hydrogen (secondary N) is 1. The summed E-state index contributed by atoms with van der Waals surface area (Å²) in [6.07, 6.45) is 2.43. The molecule has 1 fully saturated rings. The first kappa shape index (κ1) is 19.4. The molecule has 152 valence electrons. The zero-order valence-corrected chi connectivity index (χ0v) is 16.6. The van der Waals surface area contributed by atoms with Crippen LogP contribution < -0.4 is 10.2 Å². The maximum atomic E-state index is 12.6. The van der Waals surface area contributed by atoms with E-state index in [0.29, 0.717) is 55.6 Å². The summed E-state index contributed by atoms with van der Waals surface area (Å²) in [6.45, 7) is 4.42. The molecule has 2 amide bonds. The number of piperazine rings is 1. The van der Waals surface area contributed by atoms with Crippen LogP contribution in [-0.2, 0) is 6.42 Å². The number of hydrogen-bond acceptors (Lipinski definition) is 7. The molecule has 0 atom stereocenters. The Hall–Kier alpha value is -3.93. The van der Waals surface area contributed by atoms with Gasteiger partial charge in [-0.3, -0.25) is 0 Å². The number of nitriles is 1. The van der Waals surface area contributed by atoms with E-state index in [9.17, 15) is 4.79 Å². The first-order valence-corrected chi connectivity index (χ1v) is 9.77. The molecule has 4 rings (SSSR count). The van der Waals surface area contributed by atoms with E-state index in [-0.39, 0.29) is 6.03 Å². The average Bonchev–Trinajstić information content (AvgIpc) is 3.29. The van der Waals surface area contributed by atoms with Crippen LogP contribution in [0.2, 0.25) is 0 Å². The molecule has 0 saturated carbocycles. The van der Waals surface area contributed by atoms with Gasteiger partial charge in [-0.2, -0.15) is 10.2 Å². The number of hydrogen-bond donors (Lipinski definition) is 1. The fourth-order valence-corrected chi connectivity index (χ4v) is 3.24. The average molecular weight is 403 g/mol. The lowest BCUT2D eigenvalue weighted by Gasteiger charge is -2.35. The van der Waals surface area contributed by atoms with E-state index >= 15 is 0 Å². The highest BCUT2D eigenvalue weighted by molar-refractivity contribution is 5.91. The molecule has 1 aliphatic heterocycles. The predicted molar refractivity (Wildman–Crippen MR) is 111 cm³/mol. The number of anilines is 2. The van der Waals surface area contributed by atoms with Crippen molar-refractivity contribution < 1.29 is 9.32 Å². The van der Waals surface area contributed by atoms with Gasteiger partial charge < -0.3 is 19.6 Å². The van der Waals surface area contributed by atoms with Gasteiger partial charge >= 0.3 is 6.03 Å².